The average Bonchev–Trinajstić information content (AvgIpc) is 2.75. The molecule has 5 N–H and O–H groups in total. The van der Waals surface area contributed by atoms with E-state index in [1.807, 2.05) is 30.3 Å². The van der Waals surface area contributed by atoms with Crippen molar-refractivity contribution >= 4 is 23.6 Å². The molecule has 0 saturated carbocycles. The Morgan fingerprint density at radius 3 is 2.34 bits per heavy atom. The molecule has 2 aromatic rings. The summed E-state index contributed by atoms with van der Waals surface area (Å²) in [4.78, 5) is 38.5. The molecular formula is C24H28N4O4. The topological polar surface area (TPSA) is 137 Å². The molecular weight excluding hydrogens is 408 g/mol. The van der Waals surface area contributed by atoms with E-state index >= 15 is 0 Å². The number of aliphatic carboxylic acids is 1. The molecule has 8 nitrogen and oxygen atoms in total. The molecule has 1 aliphatic heterocycles. The van der Waals surface area contributed by atoms with E-state index in [-0.39, 0.29) is 30.5 Å². The fraction of sp³-hybridized carbons (Fsp3) is 0.333. The standard InChI is InChI=1S/C24H28N4O4/c25-22(26)18-8-6-17(7-9-18)15-27-23(31)20-12-13-28(20)24(32)19(10-11-21(29)30)14-16-4-2-1-3-5-16/h1-9,19-20H,10-15H2,(H3,25,26)(H,27,31)(H,29,30)/t19-,20+/m1/s1. The maximum Gasteiger partial charge on any atom is 0.303 e. The van der Waals surface area contributed by atoms with Crippen LogP contribution in [-0.4, -0.2) is 46.2 Å². The van der Waals surface area contributed by atoms with Crippen LogP contribution in [0.2, 0.25) is 0 Å². The number of amidine groups is 1. The molecule has 1 aliphatic rings. The Balaban J connectivity index is 1.59. The molecule has 0 unspecified atom stereocenters. The van der Waals surface area contributed by atoms with Crippen molar-refractivity contribution in [2.24, 2.45) is 11.7 Å². The molecule has 0 bridgehead atoms. The fourth-order valence-corrected chi connectivity index (χ4v) is 3.78. The average molecular weight is 437 g/mol. The van der Waals surface area contributed by atoms with E-state index in [2.05, 4.69) is 5.32 Å². The van der Waals surface area contributed by atoms with Crippen molar-refractivity contribution in [2.45, 2.75) is 38.3 Å². The van der Waals surface area contributed by atoms with Gasteiger partial charge in [-0.2, -0.15) is 0 Å². The van der Waals surface area contributed by atoms with Gasteiger partial charge in [-0.15, -0.1) is 0 Å². The predicted octanol–water partition coefficient (Wildman–Crippen LogP) is 1.91. The van der Waals surface area contributed by atoms with E-state index in [4.69, 9.17) is 16.2 Å². The number of hydrogen-bond donors (Lipinski definition) is 4. The number of benzene rings is 2. The summed E-state index contributed by atoms with van der Waals surface area (Å²) in [6, 6.07) is 16.0. The summed E-state index contributed by atoms with van der Waals surface area (Å²) in [5, 5.41) is 19.4. The highest BCUT2D eigenvalue weighted by Crippen LogP contribution is 2.25. The van der Waals surface area contributed by atoms with Gasteiger partial charge >= 0.3 is 5.97 Å². The van der Waals surface area contributed by atoms with Crippen molar-refractivity contribution in [3.8, 4) is 0 Å². The van der Waals surface area contributed by atoms with Crippen LogP contribution in [0.25, 0.3) is 0 Å². The lowest BCUT2D eigenvalue weighted by molar-refractivity contribution is -0.151. The van der Waals surface area contributed by atoms with Crippen molar-refractivity contribution in [2.75, 3.05) is 6.54 Å². The first-order valence-corrected chi connectivity index (χ1v) is 10.6. The summed E-state index contributed by atoms with van der Waals surface area (Å²) in [5.41, 5.74) is 7.89. The monoisotopic (exact) mass is 436 g/mol. The van der Waals surface area contributed by atoms with Crippen molar-refractivity contribution in [1.82, 2.24) is 10.2 Å². The Morgan fingerprint density at radius 2 is 1.78 bits per heavy atom. The first kappa shape index (κ1) is 23.0. The predicted molar refractivity (Wildman–Crippen MR) is 120 cm³/mol. The summed E-state index contributed by atoms with van der Waals surface area (Å²) < 4.78 is 0. The van der Waals surface area contributed by atoms with Gasteiger partial charge in [0.25, 0.3) is 0 Å². The molecule has 0 radical (unpaired) electrons. The highest BCUT2D eigenvalue weighted by atomic mass is 16.4. The Bertz CT molecular complexity index is 975. The lowest BCUT2D eigenvalue weighted by Gasteiger charge is -2.41. The van der Waals surface area contributed by atoms with E-state index in [0.29, 0.717) is 31.5 Å². The number of nitrogens with one attached hydrogen (secondary N) is 2. The van der Waals surface area contributed by atoms with Gasteiger partial charge in [0.1, 0.15) is 11.9 Å². The number of carboxylic acid groups (broad SMARTS) is 1. The molecule has 0 spiro atoms. The maximum absolute atomic E-state index is 13.2. The van der Waals surface area contributed by atoms with Crippen molar-refractivity contribution in [1.29, 1.82) is 5.41 Å². The van der Waals surface area contributed by atoms with Crippen LogP contribution in [0.1, 0.15) is 36.0 Å². The zero-order chi connectivity index (χ0) is 23.1. The van der Waals surface area contributed by atoms with Crippen LogP contribution in [0, 0.1) is 11.3 Å². The smallest absolute Gasteiger partial charge is 0.303 e. The highest BCUT2D eigenvalue weighted by Gasteiger charge is 2.40. The molecule has 0 aromatic heterocycles. The lowest BCUT2D eigenvalue weighted by atomic mass is 9.90. The van der Waals surface area contributed by atoms with Gasteiger partial charge in [-0.3, -0.25) is 19.8 Å². The number of likely N-dealkylation sites (tertiary alicyclic amines) is 1. The summed E-state index contributed by atoms with van der Waals surface area (Å²) >= 11 is 0. The SMILES string of the molecule is N=C(N)c1ccc(CNC(=O)[C@@H]2CCN2C(=O)[C@H](CCC(=O)O)Cc2ccccc2)cc1. The Hall–Kier alpha value is -3.68. The zero-order valence-corrected chi connectivity index (χ0v) is 17.8. The van der Waals surface area contributed by atoms with E-state index in [1.165, 1.54) is 0 Å². The quantitative estimate of drug-likeness (QED) is 0.333. The third-order valence-corrected chi connectivity index (χ3v) is 5.72. The van der Waals surface area contributed by atoms with Crippen LogP contribution < -0.4 is 11.1 Å². The largest absolute Gasteiger partial charge is 0.481 e. The summed E-state index contributed by atoms with van der Waals surface area (Å²) in [6.07, 6.45) is 1.17. The molecule has 32 heavy (non-hydrogen) atoms. The Kier molecular flexibility index (Phi) is 7.59. The van der Waals surface area contributed by atoms with Crippen LogP contribution in [0.3, 0.4) is 0 Å². The van der Waals surface area contributed by atoms with Gasteiger partial charge in [-0.05, 0) is 30.4 Å². The second-order valence-electron chi connectivity index (χ2n) is 7.98. The minimum atomic E-state index is -0.940. The third kappa shape index (κ3) is 5.94. The molecule has 1 heterocycles. The van der Waals surface area contributed by atoms with Gasteiger partial charge in [0.05, 0.1) is 0 Å². The van der Waals surface area contributed by atoms with Crippen LogP contribution in [0.5, 0.6) is 0 Å². The van der Waals surface area contributed by atoms with E-state index in [9.17, 15) is 14.4 Å². The lowest BCUT2D eigenvalue weighted by Crippen LogP contribution is -2.59. The third-order valence-electron chi connectivity index (χ3n) is 5.72. The van der Waals surface area contributed by atoms with Crippen molar-refractivity contribution in [3.05, 3.63) is 71.3 Å². The summed E-state index contributed by atoms with van der Waals surface area (Å²) in [6.45, 7) is 0.796. The molecule has 2 amide bonds. The van der Waals surface area contributed by atoms with Gasteiger partial charge in [0.2, 0.25) is 11.8 Å². The molecule has 1 saturated heterocycles. The molecule has 1 fully saturated rings. The number of hydrogen-bond acceptors (Lipinski definition) is 4. The molecule has 8 heteroatoms. The van der Waals surface area contributed by atoms with Gasteiger partial charge in [-0.25, -0.2) is 0 Å². The van der Waals surface area contributed by atoms with Gasteiger partial charge < -0.3 is 21.1 Å². The Morgan fingerprint density at radius 1 is 1.09 bits per heavy atom. The number of carbonyl (C=O) groups is 3. The highest BCUT2D eigenvalue weighted by molar-refractivity contribution is 5.95. The Labute approximate surface area is 186 Å². The van der Waals surface area contributed by atoms with Crippen LogP contribution in [0.15, 0.2) is 54.6 Å². The number of nitrogens with zero attached hydrogens (tertiary/aromatic N) is 1. The number of nitrogens with two attached hydrogens (primary N) is 1. The molecule has 3 rings (SSSR count). The number of carbonyl (C=O) groups excluding carboxylic acids is 2. The van der Waals surface area contributed by atoms with Gasteiger partial charge in [0, 0.05) is 31.0 Å². The summed E-state index contributed by atoms with van der Waals surface area (Å²) in [7, 11) is 0. The van der Waals surface area contributed by atoms with E-state index < -0.39 is 17.9 Å². The zero-order valence-electron chi connectivity index (χ0n) is 17.8. The van der Waals surface area contributed by atoms with Gasteiger partial charge in [0.15, 0.2) is 0 Å². The normalized spacial score (nSPS) is 16.0. The maximum atomic E-state index is 13.2. The first-order valence-electron chi connectivity index (χ1n) is 10.6. The number of carboxylic acids is 1. The van der Waals surface area contributed by atoms with Crippen LogP contribution in [-0.2, 0) is 27.3 Å². The molecule has 2 aromatic carbocycles. The summed E-state index contributed by atoms with van der Waals surface area (Å²) in [5.74, 6) is -1.84. The first-order chi connectivity index (χ1) is 15.3. The van der Waals surface area contributed by atoms with Crippen molar-refractivity contribution in [3.63, 3.8) is 0 Å². The second-order valence-corrected chi connectivity index (χ2v) is 7.98. The van der Waals surface area contributed by atoms with Crippen LogP contribution in [0.4, 0.5) is 0 Å². The molecule has 0 aliphatic carbocycles. The minimum Gasteiger partial charge on any atom is -0.481 e. The van der Waals surface area contributed by atoms with Crippen molar-refractivity contribution < 1.29 is 19.5 Å². The fourth-order valence-electron chi connectivity index (χ4n) is 3.78. The number of nitrogen functional groups attached to an aromatic ring is 1. The van der Waals surface area contributed by atoms with Crippen LogP contribution >= 0.6 is 0 Å². The minimum absolute atomic E-state index is 0.0165. The second kappa shape index (κ2) is 10.6. The van der Waals surface area contributed by atoms with E-state index in [1.54, 1.807) is 29.2 Å². The number of rotatable bonds is 10. The number of amides is 2. The van der Waals surface area contributed by atoms with E-state index in [0.717, 1.165) is 11.1 Å². The van der Waals surface area contributed by atoms with Gasteiger partial charge in [-0.1, -0.05) is 54.6 Å². The molecule has 168 valence electrons. The molecule has 2 atom stereocenters.